The van der Waals surface area contributed by atoms with Crippen molar-refractivity contribution in [2.24, 2.45) is 0 Å². The van der Waals surface area contributed by atoms with Crippen LogP contribution in [-0.2, 0) is 24.6 Å². The number of nitrogens with zero attached hydrogens (tertiary/aromatic N) is 1. The maximum absolute atomic E-state index is 5.85. The van der Waals surface area contributed by atoms with E-state index in [0.717, 1.165) is 6.54 Å². The number of fused-ring (bicyclic) bond motifs is 1. The van der Waals surface area contributed by atoms with Gasteiger partial charge in [0.05, 0.1) is 12.1 Å². The van der Waals surface area contributed by atoms with Gasteiger partial charge in [-0.3, -0.25) is 0 Å². The number of hydrogen-bond acceptors (Lipinski definition) is 2. The molecule has 0 bridgehead atoms. The largest absolute Gasteiger partial charge is 0.356 e. The third-order valence-electron chi connectivity index (χ3n) is 3.58. The Labute approximate surface area is 125 Å². The molecule has 0 aliphatic rings. The molecule has 0 aliphatic carbocycles. The van der Waals surface area contributed by atoms with E-state index in [-0.39, 0.29) is 0 Å². The first-order chi connectivity index (χ1) is 10.4. The molecule has 3 nitrogen and oxygen atoms in total. The van der Waals surface area contributed by atoms with Gasteiger partial charge in [0.15, 0.2) is 0 Å². The molecule has 1 aromatic heterocycles. The molecule has 0 saturated heterocycles. The molecule has 3 rings (SSSR count). The number of nitrogens with one attached hydrogen (secondary N) is 1. The summed E-state index contributed by atoms with van der Waals surface area (Å²) < 4.78 is 8.02. The smallest absolute Gasteiger partial charge is 0.123 e. The summed E-state index contributed by atoms with van der Waals surface area (Å²) in [5.41, 5.74) is 3.72. The molecule has 0 unspecified atom stereocenters. The fourth-order valence-electron chi connectivity index (χ4n) is 2.60. The second-order valence-electron chi connectivity index (χ2n) is 5.13. The van der Waals surface area contributed by atoms with Crippen LogP contribution in [0.1, 0.15) is 11.1 Å². The zero-order valence-electron chi connectivity index (χ0n) is 12.3. The standard InChI is InChI=1S/C18H20N2O/c1-19-11-16-12-20(18-10-6-5-9-17(16)18)14-21-13-15-7-3-2-4-8-15/h2-10,12,19H,11,13-14H2,1H3. The van der Waals surface area contributed by atoms with Gasteiger partial charge in [0, 0.05) is 18.1 Å². The maximum Gasteiger partial charge on any atom is 0.123 e. The highest BCUT2D eigenvalue weighted by Crippen LogP contribution is 2.21. The average molecular weight is 280 g/mol. The minimum atomic E-state index is 0.569. The predicted molar refractivity (Wildman–Crippen MR) is 85.9 cm³/mol. The normalized spacial score (nSPS) is 11.1. The summed E-state index contributed by atoms with van der Waals surface area (Å²) in [7, 11) is 1.97. The van der Waals surface area contributed by atoms with E-state index in [4.69, 9.17) is 4.74 Å². The highest BCUT2D eigenvalue weighted by Gasteiger charge is 2.07. The van der Waals surface area contributed by atoms with Crippen LogP contribution in [0, 0.1) is 0 Å². The van der Waals surface area contributed by atoms with Gasteiger partial charge in [-0.1, -0.05) is 48.5 Å². The molecule has 3 heteroatoms. The quantitative estimate of drug-likeness (QED) is 0.747. The summed E-state index contributed by atoms with van der Waals surface area (Å²) in [6, 6.07) is 18.7. The Kier molecular flexibility index (Phi) is 4.34. The third kappa shape index (κ3) is 3.15. The number of ether oxygens (including phenoxy) is 1. The van der Waals surface area contributed by atoms with Gasteiger partial charge in [-0.05, 0) is 24.2 Å². The number of aromatic nitrogens is 1. The van der Waals surface area contributed by atoms with E-state index in [9.17, 15) is 0 Å². The van der Waals surface area contributed by atoms with Gasteiger partial charge in [-0.15, -0.1) is 0 Å². The highest BCUT2D eigenvalue weighted by atomic mass is 16.5. The van der Waals surface area contributed by atoms with Crippen molar-refractivity contribution in [2.45, 2.75) is 19.9 Å². The van der Waals surface area contributed by atoms with Crippen molar-refractivity contribution in [3.63, 3.8) is 0 Å². The van der Waals surface area contributed by atoms with Crippen molar-refractivity contribution in [3.8, 4) is 0 Å². The molecular weight excluding hydrogens is 260 g/mol. The maximum atomic E-state index is 5.85. The Morgan fingerprint density at radius 1 is 1.00 bits per heavy atom. The molecule has 0 fully saturated rings. The molecule has 108 valence electrons. The van der Waals surface area contributed by atoms with Gasteiger partial charge in [-0.25, -0.2) is 0 Å². The molecule has 0 atom stereocenters. The van der Waals surface area contributed by atoms with Gasteiger partial charge in [0.25, 0.3) is 0 Å². The second-order valence-corrected chi connectivity index (χ2v) is 5.13. The van der Waals surface area contributed by atoms with Crippen LogP contribution in [0.25, 0.3) is 10.9 Å². The Hall–Kier alpha value is -2.10. The van der Waals surface area contributed by atoms with E-state index in [0.29, 0.717) is 13.3 Å². The fraction of sp³-hybridized carbons (Fsp3) is 0.222. The van der Waals surface area contributed by atoms with Crippen LogP contribution in [0.2, 0.25) is 0 Å². The molecule has 21 heavy (non-hydrogen) atoms. The predicted octanol–water partition coefficient (Wildman–Crippen LogP) is 3.54. The van der Waals surface area contributed by atoms with Gasteiger partial charge < -0.3 is 14.6 Å². The summed E-state index contributed by atoms with van der Waals surface area (Å²) in [6.45, 7) is 2.07. The first-order valence-corrected chi connectivity index (χ1v) is 7.21. The molecule has 0 aliphatic heterocycles. The Bertz CT molecular complexity index is 704. The lowest BCUT2D eigenvalue weighted by Gasteiger charge is -2.07. The lowest BCUT2D eigenvalue weighted by atomic mass is 10.2. The molecule has 0 amide bonds. The van der Waals surface area contributed by atoms with E-state index in [2.05, 4.69) is 52.5 Å². The van der Waals surface area contributed by atoms with Crippen LogP contribution in [0.3, 0.4) is 0 Å². The van der Waals surface area contributed by atoms with Crippen LogP contribution in [0.15, 0.2) is 60.8 Å². The topological polar surface area (TPSA) is 26.2 Å². The van der Waals surface area contributed by atoms with Gasteiger partial charge in [0.1, 0.15) is 6.73 Å². The molecule has 1 heterocycles. The number of hydrogen-bond donors (Lipinski definition) is 1. The Balaban J connectivity index is 1.74. The first kappa shape index (κ1) is 13.9. The van der Waals surface area contributed by atoms with Gasteiger partial charge in [0.2, 0.25) is 0 Å². The van der Waals surface area contributed by atoms with E-state index in [1.54, 1.807) is 0 Å². The third-order valence-corrected chi connectivity index (χ3v) is 3.58. The van der Waals surface area contributed by atoms with Crippen LogP contribution < -0.4 is 5.32 Å². The molecule has 0 saturated carbocycles. The SMILES string of the molecule is CNCc1cn(COCc2ccccc2)c2ccccc12. The van der Waals surface area contributed by atoms with Crippen LogP contribution >= 0.6 is 0 Å². The van der Waals surface area contributed by atoms with E-state index >= 15 is 0 Å². The van der Waals surface area contributed by atoms with Crippen molar-refractivity contribution >= 4 is 10.9 Å². The van der Waals surface area contributed by atoms with Crippen LogP contribution in [-0.4, -0.2) is 11.6 Å². The lowest BCUT2D eigenvalue weighted by molar-refractivity contribution is 0.0667. The monoisotopic (exact) mass is 280 g/mol. The zero-order chi connectivity index (χ0) is 14.5. The molecule has 0 radical (unpaired) electrons. The van der Waals surface area contributed by atoms with Crippen molar-refractivity contribution < 1.29 is 4.74 Å². The summed E-state index contributed by atoms with van der Waals surface area (Å²) in [5, 5.41) is 4.50. The van der Waals surface area contributed by atoms with Crippen molar-refractivity contribution in [1.29, 1.82) is 0 Å². The van der Waals surface area contributed by atoms with Crippen molar-refractivity contribution in [1.82, 2.24) is 9.88 Å². The summed E-state index contributed by atoms with van der Waals surface area (Å²) in [4.78, 5) is 0. The molecule has 2 aromatic carbocycles. The summed E-state index contributed by atoms with van der Waals surface area (Å²) >= 11 is 0. The Morgan fingerprint density at radius 3 is 2.57 bits per heavy atom. The van der Waals surface area contributed by atoms with Gasteiger partial charge >= 0.3 is 0 Å². The number of rotatable bonds is 6. The van der Waals surface area contributed by atoms with Gasteiger partial charge in [-0.2, -0.15) is 0 Å². The minimum absolute atomic E-state index is 0.569. The first-order valence-electron chi connectivity index (χ1n) is 7.21. The van der Waals surface area contributed by atoms with E-state index in [1.807, 2.05) is 25.2 Å². The lowest BCUT2D eigenvalue weighted by Crippen LogP contribution is -2.05. The molecule has 1 N–H and O–H groups in total. The molecular formula is C18H20N2O. The summed E-state index contributed by atoms with van der Waals surface area (Å²) in [5.74, 6) is 0. The second kappa shape index (κ2) is 6.57. The number of para-hydroxylation sites is 1. The highest BCUT2D eigenvalue weighted by molar-refractivity contribution is 5.83. The van der Waals surface area contributed by atoms with E-state index in [1.165, 1.54) is 22.0 Å². The van der Waals surface area contributed by atoms with Crippen LogP contribution in [0.5, 0.6) is 0 Å². The van der Waals surface area contributed by atoms with E-state index < -0.39 is 0 Å². The van der Waals surface area contributed by atoms with Crippen molar-refractivity contribution in [2.75, 3.05) is 7.05 Å². The minimum Gasteiger partial charge on any atom is -0.356 e. The average Bonchev–Trinajstić information content (AvgIpc) is 2.87. The van der Waals surface area contributed by atoms with Crippen molar-refractivity contribution in [3.05, 3.63) is 71.9 Å². The molecule has 3 aromatic rings. The Morgan fingerprint density at radius 2 is 1.76 bits per heavy atom. The van der Waals surface area contributed by atoms with Crippen LogP contribution in [0.4, 0.5) is 0 Å². The summed E-state index contributed by atoms with van der Waals surface area (Å²) in [6.07, 6.45) is 2.17. The molecule has 0 spiro atoms. The zero-order valence-corrected chi connectivity index (χ0v) is 12.3. The number of benzene rings is 2. The fourth-order valence-corrected chi connectivity index (χ4v) is 2.60.